The zero-order valence-corrected chi connectivity index (χ0v) is 14.3. The largest absolute Gasteiger partial charge is 0.469 e. The Morgan fingerprint density at radius 2 is 1.80 bits per heavy atom. The van der Waals surface area contributed by atoms with E-state index in [-0.39, 0.29) is 10.5 Å². The predicted molar refractivity (Wildman–Crippen MR) is 92.8 cm³/mol. The average molecular weight is 356 g/mol. The van der Waals surface area contributed by atoms with Gasteiger partial charge in [-0.05, 0) is 42.8 Å². The molecule has 128 valence electrons. The number of rotatable bonds is 5. The molecule has 0 unspecified atom stereocenters. The molecule has 0 aliphatic rings. The van der Waals surface area contributed by atoms with Crippen molar-refractivity contribution in [3.8, 4) is 11.1 Å². The molecule has 0 aliphatic heterocycles. The van der Waals surface area contributed by atoms with Gasteiger partial charge < -0.3 is 9.15 Å². The Morgan fingerprint density at radius 3 is 2.48 bits per heavy atom. The monoisotopic (exact) mass is 356 g/mol. The fourth-order valence-corrected chi connectivity index (χ4v) is 3.38. The number of hydrogen-bond donors (Lipinski definition) is 0. The second-order valence-electron chi connectivity index (χ2n) is 5.45. The summed E-state index contributed by atoms with van der Waals surface area (Å²) < 4.78 is 34.6. The Bertz CT molecular complexity index is 987. The second-order valence-corrected chi connectivity index (χ2v) is 7.39. The third-order valence-corrected chi connectivity index (χ3v) is 5.13. The lowest BCUT2D eigenvalue weighted by molar-refractivity contribution is 0.0571. The van der Waals surface area contributed by atoms with Crippen LogP contribution in [-0.2, 0) is 14.6 Å². The molecule has 0 saturated carbocycles. The topological polar surface area (TPSA) is 73.6 Å². The first-order valence-corrected chi connectivity index (χ1v) is 9.22. The van der Waals surface area contributed by atoms with E-state index >= 15 is 0 Å². The van der Waals surface area contributed by atoms with Crippen molar-refractivity contribution in [2.75, 3.05) is 5.94 Å². The molecule has 0 saturated heterocycles. The highest BCUT2D eigenvalue weighted by atomic mass is 32.2. The van der Waals surface area contributed by atoms with Crippen molar-refractivity contribution < 1.29 is 22.4 Å². The summed E-state index contributed by atoms with van der Waals surface area (Å²) in [4.78, 5) is 12.3. The summed E-state index contributed by atoms with van der Waals surface area (Å²) in [6.45, 7) is 1.83. The Morgan fingerprint density at radius 1 is 1.04 bits per heavy atom. The fourth-order valence-electron chi connectivity index (χ4n) is 2.41. The van der Waals surface area contributed by atoms with E-state index in [0.717, 1.165) is 16.9 Å². The van der Waals surface area contributed by atoms with Gasteiger partial charge in [-0.3, -0.25) is 0 Å². The molecule has 6 heteroatoms. The second kappa shape index (κ2) is 6.94. The summed E-state index contributed by atoms with van der Waals surface area (Å²) in [7, 11) is -3.68. The number of ether oxygens (including phenoxy) is 1. The number of aryl methyl sites for hydroxylation is 1. The average Bonchev–Trinajstić information content (AvgIpc) is 3.06. The van der Waals surface area contributed by atoms with Gasteiger partial charge in [0.25, 0.3) is 0 Å². The van der Waals surface area contributed by atoms with Crippen molar-refractivity contribution in [3.05, 3.63) is 78.3 Å². The van der Waals surface area contributed by atoms with E-state index in [4.69, 9.17) is 9.15 Å². The third-order valence-electron chi connectivity index (χ3n) is 3.72. The molecule has 0 aliphatic carbocycles. The Balaban J connectivity index is 1.75. The molecule has 25 heavy (non-hydrogen) atoms. The maximum absolute atomic E-state index is 12.2. The SMILES string of the molecule is Cc1occc1-c1cccc(C(=O)OCS(=O)(=O)c2ccccc2)c1. The summed E-state index contributed by atoms with van der Waals surface area (Å²) >= 11 is 0. The number of esters is 1. The van der Waals surface area contributed by atoms with Gasteiger partial charge in [0.15, 0.2) is 5.94 Å². The molecule has 3 rings (SSSR count). The number of furan rings is 1. The number of sulfone groups is 1. The van der Waals surface area contributed by atoms with Crippen molar-refractivity contribution in [2.45, 2.75) is 11.8 Å². The van der Waals surface area contributed by atoms with E-state index in [1.165, 1.54) is 12.1 Å². The summed E-state index contributed by atoms with van der Waals surface area (Å²) in [5.74, 6) is -0.662. The molecule has 2 aromatic carbocycles. The molecule has 0 bridgehead atoms. The van der Waals surface area contributed by atoms with E-state index in [2.05, 4.69) is 0 Å². The minimum absolute atomic E-state index is 0.116. The van der Waals surface area contributed by atoms with Crippen molar-refractivity contribution in [1.82, 2.24) is 0 Å². The Kier molecular flexibility index (Phi) is 4.72. The van der Waals surface area contributed by atoms with Gasteiger partial charge in [0.1, 0.15) is 5.76 Å². The minimum atomic E-state index is -3.68. The number of hydrogen-bond acceptors (Lipinski definition) is 5. The highest BCUT2D eigenvalue weighted by Crippen LogP contribution is 2.25. The molecule has 3 aromatic rings. The summed E-state index contributed by atoms with van der Waals surface area (Å²) in [5.41, 5.74) is 1.94. The van der Waals surface area contributed by atoms with Gasteiger partial charge in [-0.1, -0.05) is 30.3 Å². The van der Waals surface area contributed by atoms with Gasteiger partial charge in [-0.15, -0.1) is 0 Å². The first kappa shape index (κ1) is 17.0. The van der Waals surface area contributed by atoms with Crippen molar-refractivity contribution >= 4 is 15.8 Å². The Labute approximate surface area is 145 Å². The molecule has 0 amide bonds. The molecular weight excluding hydrogens is 340 g/mol. The van der Waals surface area contributed by atoms with Gasteiger partial charge in [-0.25, -0.2) is 13.2 Å². The lowest BCUT2D eigenvalue weighted by Crippen LogP contribution is -2.14. The normalized spacial score (nSPS) is 11.2. The lowest BCUT2D eigenvalue weighted by Gasteiger charge is -2.07. The lowest BCUT2D eigenvalue weighted by atomic mass is 10.0. The number of carbonyl (C=O) groups is 1. The van der Waals surface area contributed by atoms with Gasteiger partial charge in [0.05, 0.1) is 16.7 Å². The van der Waals surface area contributed by atoms with Crippen LogP contribution in [0, 0.1) is 6.92 Å². The first-order valence-electron chi connectivity index (χ1n) is 7.57. The van der Waals surface area contributed by atoms with Crippen LogP contribution in [0.25, 0.3) is 11.1 Å². The molecule has 5 nitrogen and oxygen atoms in total. The minimum Gasteiger partial charge on any atom is -0.469 e. The summed E-state index contributed by atoms with van der Waals surface area (Å²) in [6, 6.07) is 16.5. The third kappa shape index (κ3) is 3.80. The van der Waals surface area contributed by atoms with Gasteiger partial charge >= 0.3 is 5.97 Å². The molecule has 0 fully saturated rings. The van der Waals surface area contributed by atoms with Crippen LogP contribution in [0.1, 0.15) is 16.1 Å². The Hall–Kier alpha value is -2.86. The van der Waals surface area contributed by atoms with Crippen LogP contribution in [0.4, 0.5) is 0 Å². The van der Waals surface area contributed by atoms with E-state index in [1.54, 1.807) is 48.7 Å². The van der Waals surface area contributed by atoms with E-state index in [1.807, 2.05) is 13.0 Å². The quantitative estimate of drug-likeness (QED) is 0.649. The standard InChI is InChI=1S/C19H16O5S/c1-14-18(10-11-23-14)15-6-5-7-16(12-15)19(20)24-13-25(21,22)17-8-3-2-4-9-17/h2-12H,13H2,1H3. The predicted octanol–water partition coefficient (Wildman–Crippen LogP) is 3.84. The van der Waals surface area contributed by atoms with E-state index < -0.39 is 21.7 Å². The maximum atomic E-state index is 12.2. The zero-order valence-electron chi connectivity index (χ0n) is 13.5. The summed E-state index contributed by atoms with van der Waals surface area (Å²) in [5, 5.41) is 0. The molecular formula is C19H16O5S. The van der Waals surface area contributed by atoms with Crippen LogP contribution in [-0.4, -0.2) is 20.3 Å². The number of carbonyl (C=O) groups excluding carboxylic acids is 1. The highest BCUT2D eigenvalue weighted by Gasteiger charge is 2.18. The van der Waals surface area contributed by atoms with Crippen LogP contribution in [0.5, 0.6) is 0 Å². The molecule has 1 aromatic heterocycles. The van der Waals surface area contributed by atoms with Crippen molar-refractivity contribution in [3.63, 3.8) is 0 Å². The molecule has 0 atom stereocenters. The summed E-state index contributed by atoms with van der Waals surface area (Å²) in [6.07, 6.45) is 1.57. The van der Waals surface area contributed by atoms with E-state index in [0.29, 0.717) is 0 Å². The van der Waals surface area contributed by atoms with Crippen molar-refractivity contribution in [2.24, 2.45) is 0 Å². The molecule has 1 heterocycles. The van der Waals surface area contributed by atoms with Crippen LogP contribution in [0.2, 0.25) is 0 Å². The molecule has 0 spiro atoms. The van der Waals surface area contributed by atoms with Crippen LogP contribution < -0.4 is 0 Å². The number of benzene rings is 2. The first-order chi connectivity index (χ1) is 12.0. The highest BCUT2D eigenvalue weighted by molar-refractivity contribution is 7.91. The van der Waals surface area contributed by atoms with Gasteiger partial charge in [-0.2, -0.15) is 0 Å². The molecule has 0 radical (unpaired) electrons. The fraction of sp³-hybridized carbons (Fsp3) is 0.105. The van der Waals surface area contributed by atoms with Gasteiger partial charge in [0, 0.05) is 5.56 Å². The van der Waals surface area contributed by atoms with Crippen molar-refractivity contribution in [1.29, 1.82) is 0 Å². The molecule has 0 N–H and O–H groups in total. The maximum Gasteiger partial charge on any atom is 0.339 e. The van der Waals surface area contributed by atoms with Crippen LogP contribution in [0.15, 0.2) is 76.2 Å². The van der Waals surface area contributed by atoms with Crippen LogP contribution in [0.3, 0.4) is 0 Å². The van der Waals surface area contributed by atoms with E-state index in [9.17, 15) is 13.2 Å². The van der Waals surface area contributed by atoms with Gasteiger partial charge in [0.2, 0.25) is 9.84 Å². The zero-order chi connectivity index (χ0) is 17.9. The van der Waals surface area contributed by atoms with Crippen LogP contribution >= 0.6 is 0 Å². The smallest absolute Gasteiger partial charge is 0.339 e.